The molecule has 2 rings (SSSR count). The van der Waals surface area contributed by atoms with Crippen LogP contribution in [-0.4, -0.2) is 12.9 Å². The number of hydrogen-bond donors (Lipinski definition) is 0. The largest absolute Gasteiger partial charge is 0.496 e. The average Bonchev–Trinajstić information content (AvgIpc) is 2.41. The maximum absolute atomic E-state index is 13.8. The van der Waals surface area contributed by atoms with Crippen LogP contribution in [0.5, 0.6) is 5.75 Å². The van der Waals surface area contributed by atoms with Gasteiger partial charge in [-0.3, -0.25) is 4.79 Å². The molecule has 21 heavy (non-hydrogen) atoms. The number of ether oxygens (including phenoxy) is 1. The first kappa shape index (κ1) is 15.5. The molecule has 0 bridgehead atoms. The van der Waals surface area contributed by atoms with Gasteiger partial charge < -0.3 is 4.74 Å². The molecule has 0 saturated heterocycles. The van der Waals surface area contributed by atoms with Crippen molar-refractivity contribution in [1.29, 1.82) is 0 Å². The summed E-state index contributed by atoms with van der Waals surface area (Å²) in [7, 11) is 1.51. The van der Waals surface area contributed by atoms with E-state index in [1.165, 1.54) is 19.2 Å². The van der Waals surface area contributed by atoms with E-state index < -0.39 is 5.82 Å². The van der Waals surface area contributed by atoms with Gasteiger partial charge in [0.25, 0.3) is 0 Å². The second kappa shape index (κ2) is 6.27. The zero-order valence-electron chi connectivity index (χ0n) is 12.2. The topological polar surface area (TPSA) is 26.3 Å². The molecule has 0 aliphatic carbocycles. The highest BCUT2D eigenvalue weighted by Crippen LogP contribution is 2.27. The molecule has 0 heterocycles. The van der Waals surface area contributed by atoms with E-state index in [1.54, 1.807) is 12.1 Å². The molecule has 0 aliphatic rings. The van der Waals surface area contributed by atoms with Gasteiger partial charge in [0.15, 0.2) is 5.78 Å². The molecule has 0 aliphatic heterocycles. The predicted molar refractivity (Wildman–Crippen MR) is 81.9 cm³/mol. The zero-order valence-corrected chi connectivity index (χ0v) is 12.9. The minimum absolute atomic E-state index is 0.0915. The van der Waals surface area contributed by atoms with Crippen molar-refractivity contribution >= 4 is 17.4 Å². The fourth-order valence-corrected chi connectivity index (χ4v) is 2.63. The Morgan fingerprint density at radius 3 is 2.62 bits per heavy atom. The summed E-state index contributed by atoms with van der Waals surface area (Å²) < 4.78 is 19.1. The van der Waals surface area contributed by atoms with Crippen LogP contribution in [0.1, 0.15) is 27.0 Å². The van der Waals surface area contributed by atoms with Crippen LogP contribution in [0.4, 0.5) is 4.39 Å². The lowest BCUT2D eigenvalue weighted by Gasteiger charge is -2.13. The van der Waals surface area contributed by atoms with Crippen molar-refractivity contribution in [2.75, 3.05) is 7.11 Å². The molecular weight excluding hydrogens is 291 g/mol. The molecule has 0 amide bonds. The Kier molecular flexibility index (Phi) is 4.63. The van der Waals surface area contributed by atoms with Crippen molar-refractivity contribution < 1.29 is 13.9 Å². The maximum Gasteiger partial charge on any atom is 0.171 e. The van der Waals surface area contributed by atoms with Gasteiger partial charge in [-0.25, -0.2) is 4.39 Å². The first-order chi connectivity index (χ1) is 9.93. The van der Waals surface area contributed by atoms with Gasteiger partial charge >= 0.3 is 0 Å². The molecule has 2 aromatic carbocycles. The van der Waals surface area contributed by atoms with Crippen molar-refractivity contribution in [2.24, 2.45) is 0 Å². The molecule has 0 N–H and O–H groups in total. The molecule has 4 heteroatoms. The van der Waals surface area contributed by atoms with E-state index in [9.17, 15) is 9.18 Å². The molecule has 110 valence electrons. The molecule has 0 saturated carbocycles. The number of ketones is 1. The van der Waals surface area contributed by atoms with Gasteiger partial charge in [-0.15, -0.1) is 0 Å². The summed E-state index contributed by atoms with van der Waals surface area (Å²) in [5, 5.41) is 0.257. The van der Waals surface area contributed by atoms with E-state index in [2.05, 4.69) is 0 Å². The van der Waals surface area contributed by atoms with Gasteiger partial charge in [0, 0.05) is 17.0 Å². The number of hydrogen-bond acceptors (Lipinski definition) is 2. The van der Waals surface area contributed by atoms with Gasteiger partial charge in [-0.2, -0.15) is 0 Å². The van der Waals surface area contributed by atoms with Crippen LogP contribution in [0, 0.1) is 19.7 Å². The summed E-state index contributed by atoms with van der Waals surface area (Å²) in [6, 6.07) is 8.09. The molecule has 0 unspecified atom stereocenters. The van der Waals surface area contributed by atoms with Crippen molar-refractivity contribution in [3.8, 4) is 5.75 Å². The van der Waals surface area contributed by atoms with Crippen LogP contribution in [0.2, 0.25) is 5.02 Å². The Labute approximate surface area is 128 Å². The lowest BCUT2D eigenvalue weighted by Crippen LogP contribution is -2.10. The van der Waals surface area contributed by atoms with Crippen LogP contribution < -0.4 is 4.74 Å². The zero-order chi connectivity index (χ0) is 15.6. The third kappa shape index (κ3) is 3.24. The molecule has 2 nitrogen and oxygen atoms in total. The number of benzene rings is 2. The van der Waals surface area contributed by atoms with Crippen LogP contribution in [0.15, 0.2) is 30.3 Å². The maximum atomic E-state index is 13.8. The van der Waals surface area contributed by atoms with Crippen molar-refractivity contribution in [1.82, 2.24) is 0 Å². The smallest absolute Gasteiger partial charge is 0.171 e. The van der Waals surface area contributed by atoms with Crippen LogP contribution in [0.25, 0.3) is 0 Å². The molecule has 0 spiro atoms. The Hall–Kier alpha value is -1.87. The quantitative estimate of drug-likeness (QED) is 0.776. The molecule has 0 atom stereocenters. The number of rotatable bonds is 4. The van der Waals surface area contributed by atoms with Crippen molar-refractivity contribution in [3.05, 3.63) is 63.4 Å². The first-order valence-corrected chi connectivity index (χ1v) is 6.93. The van der Waals surface area contributed by atoms with Crippen molar-refractivity contribution in [2.45, 2.75) is 20.3 Å². The second-order valence-corrected chi connectivity index (χ2v) is 5.37. The summed E-state index contributed by atoms with van der Waals surface area (Å²) >= 11 is 5.98. The van der Waals surface area contributed by atoms with Crippen LogP contribution >= 0.6 is 11.6 Å². The van der Waals surface area contributed by atoms with Gasteiger partial charge in [-0.1, -0.05) is 23.7 Å². The van der Waals surface area contributed by atoms with Gasteiger partial charge in [-0.05, 0) is 43.2 Å². The Morgan fingerprint density at radius 2 is 2.00 bits per heavy atom. The summed E-state index contributed by atoms with van der Waals surface area (Å²) in [5.41, 5.74) is 2.50. The van der Waals surface area contributed by atoms with E-state index in [0.717, 1.165) is 11.1 Å². The SMILES string of the molecule is COc1cc(C)cc(C)c1C(=O)Cc1c(F)cccc1Cl. The normalized spacial score (nSPS) is 10.5. The van der Waals surface area contributed by atoms with Crippen LogP contribution in [0.3, 0.4) is 0 Å². The first-order valence-electron chi connectivity index (χ1n) is 6.55. The Balaban J connectivity index is 2.42. The summed E-state index contributed by atoms with van der Waals surface area (Å²) in [4.78, 5) is 12.5. The Bertz CT molecular complexity index is 675. The highest BCUT2D eigenvalue weighted by atomic mass is 35.5. The fraction of sp³-hybridized carbons (Fsp3) is 0.235. The third-order valence-corrected chi connectivity index (χ3v) is 3.70. The highest BCUT2D eigenvalue weighted by molar-refractivity contribution is 6.31. The number of aryl methyl sites for hydroxylation is 2. The number of methoxy groups -OCH3 is 1. The summed E-state index contributed by atoms with van der Waals surface area (Å²) in [5.74, 6) is -0.180. The molecule has 0 radical (unpaired) electrons. The lowest BCUT2D eigenvalue weighted by molar-refractivity contribution is 0.0988. The van der Waals surface area contributed by atoms with Gasteiger partial charge in [0.2, 0.25) is 0 Å². The minimum Gasteiger partial charge on any atom is -0.496 e. The number of Topliss-reactive ketones (excluding diaryl/α,β-unsaturated/α-hetero) is 1. The number of carbonyl (C=O) groups excluding carboxylic acids is 1. The predicted octanol–water partition coefficient (Wildman–Crippen LogP) is 4.53. The highest BCUT2D eigenvalue weighted by Gasteiger charge is 2.19. The van der Waals surface area contributed by atoms with Crippen LogP contribution in [-0.2, 0) is 6.42 Å². The second-order valence-electron chi connectivity index (χ2n) is 4.96. The minimum atomic E-state index is -0.473. The lowest BCUT2D eigenvalue weighted by atomic mass is 9.96. The average molecular weight is 307 g/mol. The van der Waals surface area contributed by atoms with E-state index >= 15 is 0 Å². The standard InChI is InChI=1S/C17H16ClFO2/c1-10-7-11(2)17(16(8-10)21-3)15(20)9-12-13(18)5-4-6-14(12)19/h4-8H,9H2,1-3H3. The Morgan fingerprint density at radius 1 is 1.29 bits per heavy atom. The summed E-state index contributed by atoms with van der Waals surface area (Å²) in [6.45, 7) is 3.77. The monoisotopic (exact) mass is 306 g/mol. The van der Waals surface area contributed by atoms with E-state index in [4.69, 9.17) is 16.3 Å². The number of halogens is 2. The number of carbonyl (C=O) groups is 1. The van der Waals surface area contributed by atoms with E-state index in [0.29, 0.717) is 11.3 Å². The molecule has 0 fully saturated rings. The fourth-order valence-electron chi connectivity index (χ4n) is 2.40. The van der Waals surface area contributed by atoms with Gasteiger partial charge in [0.1, 0.15) is 11.6 Å². The van der Waals surface area contributed by atoms with E-state index in [-0.39, 0.29) is 22.8 Å². The molecule has 2 aromatic rings. The third-order valence-electron chi connectivity index (χ3n) is 3.34. The van der Waals surface area contributed by atoms with E-state index in [1.807, 2.05) is 19.9 Å². The summed E-state index contributed by atoms with van der Waals surface area (Å²) in [6.07, 6.45) is -0.0915. The van der Waals surface area contributed by atoms with Gasteiger partial charge in [0.05, 0.1) is 12.7 Å². The van der Waals surface area contributed by atoms with Crippen molar-refractivity contribution in [3.63, 3.8) is 0 Å². The molecule has 0 aromatic heterocycles. The molecular formula is C17H16ClFO2.